The number of hydrogen-bond acceptors (Lipinski definition) is 6. The van der Waals surface area contributed by atoms with E-state index in [0.29, 0.717) is 6.29 Å². The molecule has 2 aromatic rings. The Hall–Kier alpha value is -2.90. The third-order valence-electron chi connectivity index (χ3n) is 3.80. The van der Waals surface area contributed by atoms with Gasteiger partial charge < -0.3 is 25.4 Å². The Labute approximate surface area is 150 Å². The van der Waals surface area contributed by atoms with Gasteiger partial charge in [0.2, 0.25) is 0 Å². The van der Waals surface area contributed by atoms with Gasteiger partial charge in [-0.1, -0.05) is 36.4 Å². The number of aldehydes is 1. The summed E-state index contributed by atoms with van der Waals surface area (Å²) < 4.78 is 5.04. The number of alkyl carbamates (subject to hydrolysis) is 1. The summed E-state index contributed by atoms with van der Waals surface area (Å²) in [6, 6.07) is 13.1. The van der Waals surface area contributed by atoms with Crippen molar-refractivity contribution in [2.45, 2.75) is 25.2 Å². The third-order valence-corrected chi connectivity index (χ3v) is 3.80. The topological polar surface area (TPSA) is 116 Å². The number of hydrogen-bond donors (Lipinski definition) is 4. The van der Waals surface area contributed by atoms with E-state index in [1.165, 1.54) is 18.2 Å². The van der Waals surface area contributed by atoms with E-state index in [4.69, 9.17) is 4.74 Å². The van der Waals surface area contributed by atoms with Crippen molar-refractivity contribution in [2.75, 3.05) is 6.54 Å². The first-order valence-corrected chi connectivity index (χ1v) is 8.10. The minimum Gasteiger partial charge on any atom is -0.508 e. The maximum atomic E-state index is 11.6. The van der Waals surface area contributed by atoms with Gasteiger partial charge in [0, 0.05) is 12.1 Å². The van der Waals surface area contributed by atoms with E-state index < -0.39 is 18.3 Å². The average Bonchev–Trinajstić information content (AvgIpc) is 2.66. The highest BCUT2D eigenvalue weighted by Crippen LogP contribution is 2.24. The molecule has 0 bridgehead atoms. The van der Waals surface area contributed by atoms with Crippen LogP contribution in [0.25, 0.3) is 0 Å². The van der Waals surface area contributed by atoms with Crippen LogP contribution in [0.5, 0.6) is 5.75 Å². The molecule has 2 atom stereocenters. The van der Waals surface area contributed by atoms with E-state index >= 15 is 0 Å². The lowest BCUT2D eigenvalue weighted by molar-refractivity contribution is 0.0133. The number of nitrogens with one attached hydrogen (secondary N) is 1. The summed E-state index contributed by atoms with van der Waals surface area (Å²) in [4.78, 5) is 22.6. The van der Waals surface area contributed by atoms with Crippen LogP contribution in [0.1, 0.15) is 34.0 Å². The summed E-state index contributed by atoms with van der Waals surface area (Å²) in [6.07, 6.45) is -2.61. The Morgan fingerprint density at radius 3 is 2.58 bits per heavy atom. The molecule has 0 radical (unpaired) electrons. The first-order valence-electron chi connectivity index (χ1n) is 8.10. The van der Waals surface area contributed by atoms with Crippen LogP contribution in [0.2, 0.25) is 0 Å². The van der Waals surface area contributed by atoms with Crippen LogP contribution in [-0.4, -0.2) is 40.3 Å². The minimum absolute atomic E-state index is 0.0563. The maximum Gasteiger partial charge on any atom is 0.407 e. The van der Waals surface area contributed by atoms with Crippen LogP contribution in [-0.2, 0) is 11.3 Å². The van der Waals surface area contributed by atoms with Gasteiger partial charge in [-0.05, 0) is 29.7 Å². The predicted octanol–water partition coefficient (Wildman–Crippen LogP) is 1.92. The van der Waals surface area contributed by atoms with Gasteiger partial charge in [0.25, 0.3) is 0 Å². The standard InChI is InChI=1S/C19H21NO6/c21-11-14-10-15(22)6-7-16(14)18(24)17(23)8-9-20-19(25)26-12-13-4-2-1-3-5-13/h1-7,10-11,17-18,22-24H,8-9,12H2,(H,20,25). The van der Waals surface area contributed by atoms with Crippen LogP contribution >= 0.6 is 0 Å². The fourth-order valence-electron chi connectivity index (χ4n) is 2.39. The van der Waals surface area contributed by atoms with Crippen molar-refractivity contribution in [3.8, 4) is 5.75 Å². The fraction of sp³-hybridized carbons (Fsp3) is 0.263. The number of ether oxygens (including phenoxy) is 1. The number of aliphatic hydroxyl groups is 2. The molecule has 4 N–H and O–H groups in total. The molecule has 2 aromatic carbocycles. The smallest absolute Gasteiger partial charge is 0.407 e. The molecule has 0 fully saturated rings. The molecule has 7 nitrogen and oxygen atoms in total. The molecule has 26 heavy (non-hydrogen) atoms. The molecule has 138 valence electrons. The van der Waals surface area contributed by atoms with Gasteiger partial charge in [-0.3, -0.25) is 4.79 Å². The fourth-order valence-corrected chi connectivity index (χ4v) is 2.39. The highest BCUT2D eigenvalue weighted by atomic mass is 16.5. The van der Waals surface area contributed by atoms with E-state index in [1.54, 1.807) is 0 Å². The Balaban J connectivity index is 1.78. The van der Waals surface area contributed by atoms with Crippen LogP contribution in [0.3, 0.4) is 0 Å². The van der Waals surface area contributed by atoms with Gasteiger partial charge >= 0.3 is 6.09 Å². The van der Waals surface area contributed by atoms with Crippen molar-refractivity contribution < 1.29 is 29.6 Å². The number of phenolic OH excluding ortho intramolecular Hbond substituents is 1. The minimum atomic E-state index is -1.32. The normalized spacial score (nSPS) is 12.8. The number of phenols is 1. The van der Waals surface area contributed by atoms with Gasteiger partial charge in [0.1, 0.15) is 18.5 Å². The molecule has 2 rings (SSSR count). The van der Waals surface area contributed by atoms with E-state index in [2.05, 4.69) is 5.32 Å². The maximum absolute atomic E-state index is 11.6. The van der Waals surface area contributed by atoms with Crippen molar-refractivity contribution in [1.29, 1.82) is 0 Å². The first kappa shape index (κ1) is 19.4. The largest absolute Gasteiger partial charge is 0.508 e. The SMILES string of the molecule is O=Cc1cc(O)ccc1C(O)C(O)CCNC(=O)OCc1ccccc1. The molecule has 0 saturated carbocycles. The zero-order valence-corrected chi connectivity index (χ0v) is 14.0. The predicted molar refractivity (Wildman–Crippen MR) is 93.7 cm³/mol. The van der Waals surface area contributed by atoms with Crippen molar-refractivity contribution in [3.05, 3.63) is 65.2 Å². The lowest BCUT2D eigenvalue weighted by atomic mass is 9.97. The molecule has 0 aliphatic heterocycles. The number of carbonyl (C=O) groups is 2. The number of amides is 1. The van der Waals surface area contributed by atoms with Crippen LogP contribution in [0.15, 0.2) is 48.5 Å². The molecule has 0 heterocycles. The Morgan fingerprint density at radius 1 is 1.15 bits per heavy atom. The quantitative estimate of drug-likeness (QED) is 0.535. The highest BCUT2D eigenvalue weighted by molar-refractivity contribution is 5.78. The zero-order valence-electron chi connectivity index (χ0n) is 14.0. The molecular formula is C19H21NO6. The van der Waals surface area contributed by atoms with Gasteiger partial charge in [0.15, 0.2) is 6.29 Å². The highest BCUT2D eigenvalue weighted by Gasteiger charge is 2.21. The number of aromatic hydroxyl groups is 1. The first-order chi connectivity index (χ1) is 12.5. The zero-order chi connectivity index (χ0) is 18.9. The summed E-state index contributed by atoms with van der Waals surface area (Å²) in [5.41, 5.74) is 1.15. The summed E-state index contributed by atoms with van der Waals surface area (Å²) in [6.45, 7) is 0.217. The van der Waals surface area contributed by atoms with Crippen LogP contribution < -0.4 is 5.32 Å². The number of carbonyl (C=O) groups excluding carboxylic acids is 2. The molecular weight excluding hydrogens is 338 g/mol. The molecule has 2 unspecified atom stereocenters. The molecule has 1 amide bonds. The molecule has 0 saturated heterocycles. The summed E-state index contributed by atoms with van der Waals surface area (Å²) in [7, 11) is 0. The van der Waals surface area contributed by atoms with Crippen molar-refractivity contribution in [3.63, 3.8) is 0 Å². The van der Waals surface area contributed by atoms with E-state index in [1.807, 2.05) is 30.3 Å². The van der Waals surface area contributed by atoms with Crippen molar-refractivity contribution in [2.24, 2.45) is 0 Å². The second-order valence-electron chi connectivity index (χ2n) is 5.72. The van der Waals surface area contributed by atoms with E-state index in [-0.39, 0.29) is 36.4 Å². The Kier molecular flexibility index (Phi) is 7.13. The average molecular weight is 359 g/mol. The lowest BCUT2D eigenvalue weighted by Crippen LogP contribution is -2.30. The third kappa shape index (κ3) is 5.58. The molecule has 7 heteroatoms. The monoisotopic (exact) mass is 359 g/mol. The lowest BCUT2D eigenvalue weighted by Gasteiger charge is -2.19. The Bertz CT molecular complexity index is 734. The molecule has 0 spiro atoms. The second kappa shape index (κ2) is 9.55. The van der Waals surface area contributed by atoms with E-state index in [0.717, 1.165) is 5.56 Å². The summed E-state index contributed by atoms with van der Waals surface area (Å²) >= 11 is 0. The van der Waals surface area contributed by atoms with Gasteiger partial charge in [-0.25, -0.2) is 4.79 Å². The molecule has 0 aliphatic carbocycles. The van der Waals surface area contributed by atoms with Crippen molar-refractivity contribution in [1.82, 2.24) is 5.32 Å². The molecule has 0 aromatic heterocycles. The van der Waals surface area contributed by atoms with Gasteiger partial charge in [0.05, 0.1) is 6.10 Å². The van der Waals surface area contributed by atoms with Gasteiger partial charge in [-0.15, -0.1) is 0 Å². The van der Waals surface area contributed by atoms with Crippen LogP contribution in [0.4, 0.5) is 4.79 Å². The van der Waals surface area contributed by atoms with Crippen molar-refractivity contribution >= 4 is 12.4 Å². The number of aliphatic hydroxyl groups excluding tert-OH is 2. The van der Waals surface area contributed by atoms with E-state index in [9.17, 15) is 24.9 Å². The van der Waals surface area contributed by atoms with Gasteiger partial charge in [-0.2, -0.15) is 0 Å². The Morgan fingerprint density at radius 2 is 1.88 bits per heavy atom. The number of benzene rings is 2. The second-order valence-corrected chi connectivity index (χ2v) is 5.72. The van der Waals surface area contributed by atoms with Crippen LogP contribution in [0, 0.1) is 0 Å². The number of rotatable bonds is 8. The summed E-state index contributed by atoms with van der Waals surface area (Å²) in [5.74, 6) is -0.111. The summed E-state index contributed by atoms with van der Waals surface area (Å²) in [5, 5.41) is 32.1. The molecule has 0 aliphatic rings.